The van der Waals surface area contributed by atoms with Gasteiger partial charge in [0.2, 0.25) is 11.5 Å². The first-order valence-electron chi connectivity index (χ1n) is 46.2. The molecule has 0 aliphatic heterocycles. The molecule has 0 unspecified atom stereocenters. The van der Waals surface area contributed by atoms with Gasteiger partial charge in [-0.2, -0.15) is 0 Å². The highest BCUT2D eigenvalue weighted by Crippen LogP contribution is 2.44. The molecule has 0 heterocycles. The summed E-state index contributed by atoms with van der Waals surface area (Å²) >= 11 is 0. The van der Waals surface area contributed by atoms with Gasteiger partial charge in [-0.05, 0) is 56.0 Å². The Morgan fingerprint density at radius 1 is 0.231 bits per heavy atom. The van der Waals surface area contributed by atoms with Crippen LogP contribution in [-0.2, 0) is 0 Å². The highest BCUT2D eigenvalue weighted by atomic mass is 16.5. The van der Waals surface area contributed by atoms with Crippen LogP contribution in [0.25, 0.3) is 10.8 Å². The molecule has 4 aromatic rings. The van der Waals surface area contributed by atoms with Gasteiger partial charge >= 0.3 is 12.1 Å². The Hall–Kier alpha value is -5.52. The van der Waals surface area contributed by atoms with Crippen molar-refractivity contribution in [2.75, 3.05) is 60.9 Å². The zero-order valence-electron chi connectivity index (χ0n) is 70.7. The molecular formula is C96H164N4O8. The van der Waals surface area contributed by atoms with Crippen LogP contribution in [0.4, 0.5) is 32.3 Å². The van der Waals surface area contributed by atoms with Crippen LogP contribution in [0.15, 0.2) is 60.7 Å². The first-order valence-corrected chi connectivity index (χ1v) is 46.2. The molecule has 0 saturated carbocycles. The molecule has 0 bridgehead atoms. The summed E-state index contributed by atoms with van der Waals surface area (Å²) in [5.41, 5.74) is 2.17. The van der Waals surface area contributed by atoms with Crippen molar-refractivity contribution in [3.05, 3.63) is 60.7 Å². The molecule has 0 spiro atoms. The van der Waals surface area contributed by atoms with Gasteiger partial charge in [-0.25, -0.2) is 9.59 Å². The van der Waals surface area contributed by atoms with Gasteiger partial charge in [0.1, 0.15) is 0 Å². The zero-order valence-corrected chi connectivity index (χ0v) is 70.7. The van der Waals surface area contributed by atoms with E-state index in [1.807, 2.05) is 60.7 Å². The first kappa shape index (κ1) is 94.9. The van der Waals surface area contributed by atoms with Crippen LogP contribution < -0.4 is 49.7 Å². The van der Waals surface area contributed by atoms with Crippen molar-refractivity contribution < 1.29 is 38.0 Å². The van der Waals surface area contributed by atoms with Crippen LogP contribution in [0.2, 0.25) is 0 Å². The van der Waals surface area contributed by atoms with E-state index in [0.717, 1.165) is 82.4 Å². The van der Waals surface area contributed by atoms with E-state index < -0.39 is 12.1 Å². The molecule has 12 nitrogen and oxygen atoms in total. The van der Waals surface area contributed by atoms with Gasteiger partial charge < -0.3 is 49.7 Å². The van der Waals surface area contributed by atoms with Crippen molar-refractivity contribution in [1.29, 1.82) is 0 Å². The molecule has 12 heteroatoms. The maximum atomic E-state index is 14.6. The smallest absolute Gasteiger partial charge is 0.323 e. The normalized spacial score (nSPS) is 11.4. The highest BCUT2D eigenvalue weighted by molar-refractivity contribution is 6.14. The fraction of sp³-hybridized carbons (Fsp3) is 0.750. The Morgan fingerprint density at radius 2 is 0.417 bits per heavy atom. The Kier molecular flexibility index (Phi) is 60.0. The van der Waals surface area contributed by atoms with E-state index in [0.29, 0.717) is 102 Å². The lowest BCUT2D eigenvalue weighted by atomic mass is 10.1. The molecule has 4 N–H and O–H groups in total. The van der Waals surface area contributed by atoms with E-state index in [-0.39, 0.29) is 0 Å². The number of benzene rings is 4. The Bertz CT molecular complexity index is 2500. The van der Waals surface area contributed by atoms with Crippen molar-refractivity contribution in [3.8, 4) is 34.5 Å². The number of carbonyl (C=O) groups excluding carboxylic acids is 2. The molecule has 0 fully saturated rings. The van der Waals surface area contributed by atoms with E-state index in [4.69, 9.17) is 28.4 Å². The number of urea groups is 2. The molecule has 4 aromatic carbocycles. The molecule has 0 aliphatic carbocycles. The molecule has 4 amide bonds. The quantitative estimate of drug-likeness (QED) is 0.0321. The number of amides is 4. The summed E-state index contributed by atoms with van der Waals surface area (Å²) in [6.07, 6.45) is 74.5. The van der Waals surface area contributed by atoms with Gasteiger partial charge in [0.05, 0.1) is 62.4 Å². The zero-order chi connectivity index (χ0) is 76.9. The average molecular weight is 1500 g/mol. The molecule has 108 heavy (non-hydrogen) atoms. The van der Waals surface area contributed by atoms with Crippen molar-refractivity contribution in [2.45, 2.75) is 427 Å². The first-order chi connectivity index (χ1) is 53.3. The largest absolute Gasteiger partial charge is 0.489 e. The molecule has 0 saturated heterocycles. The summed E-state index contributed by atoms with van der Waals surface area (Å²) in [6.45, 7) is 17.0. The summed E-state index contributed by atoms with van der Waals surface area (Å²) in [4.78, 5) is 29.2. The Labute approximate surface area is 662 Å². The number of carbonyl (C=O) groups is 2. The minimum Gasteiger partial charge on any atom is -0.489 e. The van der Waals surface area contributed by atoms with E-state index >= 15 is 0 Å². The summed E-state index contributed by atoms with van der Waals surface area (Å²) in [7, 11) is 0. The van der Waals surface area contributed by atoms with Crippen LogP contribution >= 0.6 is 0 Å². The van der Waals surface area contributed by atoms with Crippen LogP contribution in [0.5, 0.6) is 34.5 Å². The summed E-state index contributed by atoms with van der Waals surface area (Å²) < 4.78 is 40.3. The SMILES string of the molecule is CCCCCCCCCCCCOc1cc(NC(=O)Nc2cccc3cccc(NC(=O)Nc4cc(OCCCCCCCCCCCC)c(OCCCCCCCCCCCC)c(OCCCCCCCCCCCC)c4)c23)cc(OCCCCCCCCCCCC)c1OCCCCCCCCCCCC. The minimum atomic E-state index is -0.437. The monoisotopic (exact) mass is 1500 g/mol. The van der Waals surface area contributed by atoms with Gasteiger partial charge in [-0.1, -0.05) is 413 Å². The number of anilines is 4. The third-order valence-corrected chi connectivity index (χ3v) is 21.5. The van der Waals surface area contributed by atoms with Gasteiger partial charge in [-0.15, -0.1) is 0 Å². The van der Waals surface area contributed by atoms with Gasteiger partial charge in [-0.3, -0.25) is 0 Å². The molecule has 616 valence electrons. The van der Waals surface area contributed by atoms with Crippen molar-refractivity contribution in [1.82, 2.24) is 0 Å². The minimum absolute atomic E-state index is 0.437. The van der Waals surface area contributed by atoms with Crippen LogP contribution in [0, 0.1) is 0 Å². The van der Waals surface area contributed by atoms with Gasteiger partial charge in [0.25, 0.3) is 0 Å². The number of ether oxygens (including phenoxy) is 6. The maximum absolute atomic E-state index is 14.6. The summed E-state index contributed by atoms with van der Waals surface area (Å²) in [6, 6.07) is 18.3. The van der Waals surface area contributed by atoms with E-state index in [2.05, 4.69) is 62.8 Å². The third-order valence-electron chi connectivity index (χ3n) is 21.5. The van der Waals surface area contributed by atoms with Gasteiger partial charge in [0, 0.05) is 29.7 Å². The second-order valence-electron chi connectivity index (χ2n) is 31.7. The second kappa shape index (κ2) is 68.3. The third kappa shape index (κ3) is 47.6. The average Bonchev–Trinajstić information content (AvgIpc) is 0.805. The number of unbranched alkanes of at least 4 members (excludes halogenated alkanes) is 54. The fourth-order valence-corrected chi connectivity index (χ4v) is 14.7. The molecule has 4 rings (SSSR count). The predicted octanol–water partition coefficient (Wildman–Crippen LogP) is 31.9. The van der Waals surface area contributed by atoms with Crippen molar-refractivity contribution in [3.63, 3.8) is 0 Å². The molecular weight excluding hydrogens is 1340 g/mol. The number of hydrogen-bond acceptors (Lipinski definition) is 8. The standard InChI is InChI=1S/C96H164N4O8/c1-7-13-19-25-31-37-43-49-55-61-73-103-88-79-84(80-89(104-74-62-56-50-44-38-32-26-20-14-8-2)93(88)107-77-65-59-53-47-41-35-29-23-17-11-5)97-95(101)99-86-71-67-69-83-70-68-72-87(92(83)86)100-96(102)98-85-81-90(105-75-63-57-51-45-39-33-27-21-15-9-3)94(108-78-66-60-54-48-42-36-30-24-18-12-6)91(82-85)106-76-64-58-52-46-40-34-28-22-16-10-4/h67-72,79-82H,7-66,73-78H2,1-6H3,(H2,97,99,101)(H2,98,100,102). The number of hydrogen-bond donors (Lipinski definition) is 4. The van der Waals surface area contributed by atoms with Crippen molar-refractivity contribution >= 4 is 45.6 Å². The highest BCUT2D eigenvalue weighted by Gasteiger charge is 2.21. The summed E-state index contributed by atoms with van der Waals surface area (Å²) in [5, 5.41) is 14.3. The molecule has 0 radical (unpaired) electrons. The maximum Gasteiger partial charge on any atom is 0.323 e. The lowest BCUT2D eigenvalue weighted by molar-refractivity contribution is 0.234. The van der Waals surface area contributed by atoms with Gasteiger partial charge in [0.15, 0.2) is 23.0 Å². The van der Waals surface area contributed by atoms with E-state index in [1.165, 1.54) is 308 Å². The second-order valence-corrected chi connectivity index (χ2v) is 31.7. The van der Waals surface area contributed by atoms with Crippen LogP contribution in [0.1, 0.15) is 427 Å². The number of nitrogens with one attached hydrogen (secondary N) is 4. The fourth-order valence-electron chi connectivity index (χ4n) is 14.7. The molecule has 0 aliphatic rings. The number of rotatable bonds is 76. The van der Waals surface area contributed by atoms with Crippen molar-refractivity contribution in [2.24, 2.45) is 0 Å². The topological polar surface area (TPSA) is 138 Å². The number of fused-ring (bicyclic) bond motifs is 1. The lowest BCUT2D eigenvalue weighted by Crippen LogP contribution is -2.21. The summed E-state index contributed by atoms with van der Waals surface area (Å²) in [5.74, 6) is 3.58. The Balaban J connectivity index is 1.59. The lowest BCUT2D eigenvalue weighted by Gasteiger charge is -2.20. The van der Waals surface area contributed by atoms with E-state index in [1.54, 1.807) is 0 Å². The molecule has 0 atom stereocenters. The Morgan fingerprint density at radius 3 is 0.620 bits per heavy atom. The molecule has 0 aromatic heterocycles. The van der Waals surface area contributed by atoms with Crippen LogP contribution in [-0.4, -0.2) is 51.7 Å². The van der Waals surface area contributed by atoms with E-state index in [9.17, 15) is 9.59 Å². The predicted molar refractivity (Wildman–Crippen MR) is 466 cm³/mol. The van der Waals surface area contributed by atoms with Crippen LogP contribution in [0.3, 0.4) is 0 Å².